The Morgan fingerprint density at radius 3 is 2.74 bits per heavy atom. The Hall–Kier alpha value is -3.12. The molecule has 1 aliphatic rings. The van der Waals surface area contributed by atoms with Crippen molar-refractivity contribution in [2.75, 3.05) is 18.0 Å². The minimum atomic E-state index is -0.224. The van der Waals surface area contributed by atoms with Gasteiger partial charge in [0.1, 0.15) is 5.82 Å². The van der Waals surface area contributed by atoms with E-state index in [9.17, 15) is 9.59 Å². The van der Waals surface area contributed by atoms with E-state index in [4.69, 9.17) is 11.6 Å². The van der Waals surface area contributed by atoms with Gasteiger partial charge in [-0.2, -0.15) is 4.68 Å². The van der Waals surface area contributed by atoms with Crippen LogP contribution >= 0.6 is 11.6 Å². The van der Waals surface area contributed by atoms with E-state index >= 15 is 0 Å². The molecule has 4 rings (SSSR count). The summed E-state index contributed by atoms with van der Waals surface area (Å²) in [6, 6.07) is 18.6. The summed E-state index contributed by atoms with van der Waals surface area (Å²) in [6.07, 6.45) is 1.73. The van der Waals surface area contributed by atoms with Gasteiger partial charge in [-0.1, -0.05) is 48.0 Å². The summed E-state index contributed by atoms with van der Waals surface area (Å²) in [5, 5.41) is 8.19. The summed E-state index contributed by atoms with van der Waals surface area (Å²) < 4.78 is 1.36. The van der Waals surface area contributed by atoms with Gasteiger partial charge in [0.25, 0.3) is 5.56 Å². The van der Waals surface area contributed by atoms with E-state index < -0.39 is 0 Å². The highest BCUT2D eigenvalue weighted by Crippen LogP contribution is 2.23. The number of hydrogen-bond acceptors (Lipinski definition) is 4. The molecule has 3 aromatic rings. The molecule has 1 aliphatic heterocycles. The van der Waals surface area contributed by atoms with Gasteiger partial charge in [0.15, 0.2) is 0 Å². The van der Waals surface area contributed by atoms with Crippen LogP contribution in [0.4, 0.5) is 5.82 Å². The number of hydrogen-bond donors (Lipinski definition) is 1. The zero-order valence-electron chi connectivity index (χ0n) is 17.4. The Morgan fingerprint density at radius 1 is 1.16 bits per heavy atom. The van der Waals surface area contributed by atoms with Gasteiger partial charge in [-0.25, -0.2) is 0 Å². The highest BCUT2D eigenvalue weighted by Gasteiger charge is 2.26. The molecule has 0 radical (unpaired) electrons. The third kappa shape index (κ3) is 4.97. The summed E-state index contributed by atoms with van der Waals surface area (Å²) in [6.45, 7) is 3.80. The predicted octanol–water partition coefficient (Wildman–Crippen LogP) is 3.73. The summed E-state index contributed by atoms with van der Waals surface area (Å²) in [5.41, 5.74) is 2.42. The lowest BCUT2D eigenvalue weighted by molar-refractivity contribution is -0.125. The lowest BCUT2D eigenvalue weighted by Crippen LogP contribution is -2.43. The van der Waals surface area contributed by atoms with Crippen LogP contribution in [0.3, 0.4) is 0 Å². The molecule has 31 heavy (non-hydrogen) atoms. The summed E-state index contributed by atoms with van der Waals surface area (Å²) >= 11 is 6.23. The van der Waals surface area contributed by atoms with Crippen molar-refractivity contribution in [2.45, 2.75) is 26.3 Å². The summed E-state index contributed by atoms with van der Waals surface area (Å²) in [5.74, 6) is 0.609. The smallest absolute Gasteiger partial charge is 0.271 e. The van der Waals surface area contributed by atoms with E-state index in [0.29, 0.717) is 29.6 Å². The quantitative estimate of drug-likeness (QED) is 0.661. The van der Waals surface area contributed by atoms with Crippen molar-refractivity contribution in [3.63, 3.8) is 0 Å². The van der Waals surface area contributed by atoms with Crippen LogP contribution in [0.5, 0.6) is 0 Å². The van der Waals surface area contributed by atoms with Crippen LogP contribution < -0.4 is 15.8 Å². The van der Waals surface area contributed by atoms with Crippen LogP contribution in [0.15, 0.2) is 65.5 Å². The molecule has 1 aromatic heterocycles. The fraction of sp³-hybridized carbons (Fsp3) is 0.292. The van der Waals surface area contributed by atoms with Crippen molar-refractivity contribution in [1.82, 2.24) is 15.1 Å². The van der Waals surface area contributed by atoms with Gasteiger partial charge in [-0.05, 0) is 49.1 Å². The van der Waals surface area contributed by atoms with Crippen LogP contribution in [0.2, 0.25) is 5.02 Å². The normalized spacial score (nSPS) is 16.2. The highest BCUT2D eigenvalue weighted by molar-refractivity contribution is 6.31. The second-order valence-electron chi connectivity index (χ2n) is 7.86. The number of nitrogens with one attached hydrogen (secondary N) is 1. The van der Waals surface area contributed by atoms with Crippen molar-refractivity contribution in [2.24, 2.45) is 5.92 Å². The average molecular weight is 437 g/mol. The molecule has 0 spiro atoms. The Kier molecular flexibility index (Phi) is 6.37. The number of nitrogens with zero attached hydrogens (tertiary/aromatic N) is 3. The van der Waals surface area contributed by atoms with E-state index in [1.807, 2.05) is 49.4 Å². The van der Waals surface area contributed by atoms with Crippen molar-refractivity contribution in [3.8, 4) is 5.69 Å². The Balaban J connectivity index is 1.48. The number of benzene rings is 2. The molecule has 1 amide bonds. The Labute approximate surface area is 186 Å². The summed E-state index contributed by atoms with van der Waals surface area (Å²) in [7, 11) is 0. The number of halogens is 1. The van der Waals surface area contributed by atoms with Crippen molar-refractivity contribution < 1.29 is 4.79 Å². The third-order valence-corrected chi connectivity index (χ3v) is 6.02. The van der Waals surface area contributed by atoms with Crippen molar-refractivity contribution >= 4 is 23.3 Å². The van der Waals surface area contributed by atoms with E-state index in [-0.39, 0.29) is 17.4 Å². The number of anilines is 1. The van der Waals surface area contributed by atoms with Gasteiger partial charge < -0.3 is 10.2 Å². The van der Waals surface area contributed by atoms with Gasteiger partial charge in [-0.3, -0.25) is 9.59 Å². The molecule has 1 unspecified atom stereocenters. The maximum Gasteiger partial charge on any atom is 0.271 e. The van der Waals surface area contributed by atoms with E-state index in [0.717, 1.165) is 30.5 Å². The topological polar surface area (TPSA) is 67.2 Å². The molecule has 2 aromatic carbocycles. The zero-order chi connectivity index (χ0) is 21.8. The number of amides is 1. The standard InChI is InChI=1S/C24H25ClN4O2/c1-17-9-10-20(14-21(17)25)29-23(30)12-11-22(27-29)28-13-5-8-19(16-28)24(31)26-15-18-6-3-2-4-7-18/h2-4,6-7,9-12,14,19H,5,8,13,15-16H2,1H3,(H,26,31). The molecule has 1 atom stereocenters. The molecule has 160 valence electrons. The minimum Gasteiger partial charge on any atom is -0.354 e. The fourth-order valence-corrected chi connectivity index (χ4v) is 3.97. The van der Waals surface area contributed by atoms with Crippen molar-refractivity contribution in [1.29, 1.82) is 0 Å². The first-order valence-electron chi connectivity index (χ1n) is 10.4. The molecule has 1 saturated heterocycles. The maximum absolute atomic E-state index is 12.7. The Bertz CT molecular complexity index is 1130. The molecule has 0 saturated carbocycles. The van der Waals surface area contributed by atoms with Gasteiger partial charge in [-0.15, -0.1) is 5.10 Å². The van der Waals surface area contributed by atoms with Crippen LogP contribution in [-0.4, -0.2) is 28.8 Å². The highest BCUT2D eigenvalue weighted by atomic mass is 35.5. The van der Waals surface area contributed by atoms with Gasteiger partial charge in [0.2, 0.25) is 5.91 Å². The molecule has 0 aliphatic carbocycles. The monoisotopic (exact) mass is 436 g/mol. The predicted molar refractivity (Wildman–Crippen MR) is 123 cm³/mol. The second kappa shape index (κ2) is 9.35. The van der Waals surface area contributed by atoms with Crippen LogP contribution in [0, 0.1) is 12.8 Å². The molecule has 1 N–H and O–H groups in total. The number of aromatic nitrogens is 2. The third-order valence-electron chi connectivity index (χ3n) is 5.61. The molecule has 1 fully saturated rings. The maximum atomic E-state index is 12.7. The lowest BCUT2D eigenvalue weighted by atomic mass is 9.97. The number of piperidine rings is 1. The van der Waals surface area contributed by atoms with Crippen LogP contribution in [0.25, 0.3) is 5.69 Å². The lowest BCUT2D eigenvalue weighted by Gasteiger charge is -2.33. The molecular weight excluding hydrogens is 412 g/mol. The molecule has 6 nitrogen and oxygen atoms in total. The molecule has 0 bridgehead atoms. The second-order valence-corrected chi connectivity index (χ2v) is 8.27. The van der Waals surface area contributed by atoms with Crippen LogP contribution in [0.1, 0.15) is 24.0 Å². The van der Waals surface area contributed by atoms with Gasteiger partial charge >= 0.3 is 0 Å². The van der Waals surface area contributed by atoms with Gasteiger partial charge in [0, 0.05) is 30.7 Å². The number of rotatable bonds is 5. The Morgan fingerprint density at radius 2 is 1.97 bits per heavy atom. The molecular formula is C24H25ClN4O2. The first-order chi connectivity index (χ1) is 15.0. The van der Waals surface area contributed by atoms with E-state index in [1.54, 1.807) is 12.1 Å². The van der Waals surface area contributed by atoms with E-state index in [2.05, 4.69) is 15.3 Å². The van der Waals surface area contributed by atoms with Crippen LogP contribution in [-0.2, 0) is 11.3 Å². The SMILES string of the molecule is Cc1ccc(-n2nc(N3CCCC(C(=O)NCc4ccccc4)C3)ccc2=O)cc1Cl. The first kappa shape index (κ1) is 21.1. The molecule has 7 heteroatoms. The zero-order valence-corrected chi connectivity index (χ0v) is 18.2. The van der Waals surface area contributed by atoms with E-state index in [1.165, 1.54) is 10.7 Å². The number of carbonyl (C=O) groups excluding carboxylic acids is 1. The average Bonchev–Trinajstić information content (AvgIpc) is 2.80. The fourth-order valence-electron chi connectivity index (χ4n) is 3.80. The number of aryl methyl sites for hydroxylation is 1. The largest absolute Gasteiger partial charge is 0.354 e. The molecule has 2 heterocycles. The minimum absolute atomic E-state index is 0.0483. The van der Waals surface area contributed by atoms with Crippen molar-refractivity contribution in [3.05, 3.63) is 87.2 Å². The number of carbonyl (C=O) groups is 1. The first-order valence-corrected chi connectivity index (χ1v) is 10.8. The summed E-state index contributed by atoms with van der Waals surface area (Å²) in [4.78, 5) is 27.2. The van der Waals surface area contributed by atoms with Gasteiger partial charge in [0.05, 0.1) is 11.6 Å².